The van der Waals surface area contributed by atoms with Gasteiger partial charge in [0.1, 0.15) is 0 Å². The Morgan fingerprint density at radius 1 is 1.20 bits per heavy atom. The van der Waals surface area contributed by atoms with Gasteiger partial charge in [0.15, 0.2) is 0 Å². The maximum atomic E-state index is 12.4. The number of carbonyl (C=O) groups excluding carboxylic acids is 2. The summed E-state index contributed by atoms with van der Waals surface area (Å²) in [6, 6.07) is 5.49. The highest BCUT2D eigenvalue weighted by Gasteiger charge is 2.40. The summed E-state index contributed by atoms with van der Waals surface area (Å²) in [5, 5.41) is 0. The Bertz CT molecular complexity index is 637. The fourth-order valence-corrected chi connectivity index (χ4v) is 3.36. The van der Waals surface area contributed by atoms with Crippen molar-refractivity contribution in [3.8, 4) is 0 Å². The number of urea groups is 1. The summed E-state index contributed by atoms with van der Waals surface area (Å²) in [5.41, 5.74) is 0.930. The molecule has 0 bridgehead atoms. The SMILES string of the molecule is CCC(=O)N1CCN(S(=O)(=O)c2ccc(C)cc2)C1=O. The minimum atomic E-state index is -3.89. The molecule has 1 fully saturated rings. The van der Waals surface area contributed by atoms with Gasteiger partial charge in [-0.15, -0.1) is 0 Å². The van der Waals surface area contributed by atoms with Crippen LogP contribution < -0.4 is 0 Å². The van der Waals surface area contributed by atoms with E-state index in [-0.39, 0.29) is 30.3 Å². The number of rotatable bonds is 3. The smallest absolute Gasteiger partial charge is 0.274 e. The molecule has 1 aromatic rings. The van der Waals surface area contributed by atoms with E-state index in [0.717, 1.165) is 14.8 Å². The highest BCUT2D eigenvalue weighted by Crippen LogP contribution is 2.21. The molecule has 0 radical (unpaired) electrons. The van der Waals surface area contributed by atoms with Gasteiger partial charge >= 0.3 is 6.03 Å². The minimum absolute atomic E-state index is 0.000777. The number of amides is 3. The molecule has 108 valence electrons. The Morgan fingerprint density at radius 2 is 1.80 bits per heavy atom. The molecule has 0 aliphatic carbocycles. The molecule has 1 heterocycles. The second-order valence-electron chi connectivity index (χ2n) is 4.57. The van der Waals surface area contributed by atoms with Crippen molar-refractivity contribution >= 4 is 22.0 Å². The molecule has 7 heteroatoms. The van der Waals surface area contributed by atoms with Crippen molar-refractivity contribution < 1.29 is 18.0 Å². The molecular formula is C13H16N2O4S. The fourth-order valence-electron chi connectivity index (χ4n) is 2.00. The van der Waals surface area contributed by atoms with E-state index in [9.17, 15) is 18.0 Å². The number of benzene rings is 1. The van der Waals surface area contributed by atoms with Crippen molar-refractivity contribution in [2.24, 2.45) is 0 Å². The van der Waals surface area contributed by atoms with Crippen molar-refractivity contribution in [1.29, 1.82) is 0 Å². The second kappa shape index (κ2) is 5.24. The third-order valence-electron chi connectivity index (χ3n) is 3.18. The van der Waals surface area contributed by atoms with Crippen LogP contribution in [-0.2, 0) is 14.8 Å². The molecule has 6 nitrogen and oxygen atoms in total. The van der Waals surface area contributed by atoms with Gasteiger partial charge in [0, 0.05) is 13.0 Å². The molecule has 1 aromatic carbocycles. The predicted octanol–water partition coefficient (Wildman–Crippen LogP) is 1.36. The van der Waals surface area contributed by atoms with Gasteiger partial charge in [0.05, 0.1) is 11.4 Å². The van der Waals surface area contributed by atoms with Gasteiger partial charge in [-0.1, -0.05) is 24.6 Å². The van der Waals surface area contributed by atoms with Gasteiger partial charge in [-0.25, -0.2) is 17.5 Å². The monoisotopic (exact) mass is 296 g/mol. The molecule has 0 spiro atoms. The molecule has 0 atom stereocenters. The lowest BCUT2D eigenvalue weighted by atomic mass is 10.2. The Kier molecular flexibility index (Phi) is 3.80. The van der Waals surface area contributed by atoms with Gasteiger partial charge in [-0.3, -0.25) is 9.69 Å². The van der Waals surface area contributed by atoms with Crippen molar-refractivity contribution in [1.82, 2.24) is 9.21 Å². The average molecular weight is 296 g/mol. The maximum Gasteiger partial charge on any atom is 0.340 e. The van der Waals surface area contributed by atoms with Crippen LogP contribution in [0.5, 0.6) is 0 Å². The van der Waals surface area contributed by atoms with Gasteiger partial charge < -0.3 is 0 Å². The number of sulfonamides is 1. The third kappa shape index (κ3) is 2.40. The molecule has 0 saturated carbocycles. The van der Waals surface area contributed by atoms with Crippen LogP contribution in [0.15, 0.2) is 29.2 Å². The lowest BCUT2D eigenvalue weighted by Gasteiger charge is -2.17. The highest BCUT2D eigenvalue weighted by atomic mass is 32.2. The number of nitrogens with zero attached hydrogens (tertiary/aromatic N) is 2. The van der Waals surface area contributed by atoms with E-state index in [4.69, 9.17) is 0 Å². The van der Waals surface area contributed by atoms with Crippen molar-refractivity contribution in [2.75, 3.05) is 13.1 Å². The first-order valence-electron chi connectivity index (χ1n) is 6.31. The van der Waals surface area contributed by atoms with Crippen molar-refractivity contribution in [2.45, 2.75) is 25.2 Å². The Morgan fingerprint density at radius 3 is 2.35 bits per heavy atom. The van der Waals surface area contributed by atoms with Crippen LogP contribution in [0.25, 0.3) is 0 Å². The van der Waals surface area contributed by atoms with Crippen molar-refractivity contribution in [3.63, 3.8) is 0 Å². The first kappa shape index (κ1) is 14.5. The Hall–Kier alpha value is -1.89. The molecule has 0 N–H and O–H groups in total. The van der Waals surface area contributed by atoms with E-state index in [1.165, 1.54) is 12.1 Å². The molecule has 1 aliphatic heterocycles. The molecule has 0 aromatic heterocycles. The maximum absolute atomic E-state index is 12.4. The summed E-state index contributed by atoms with van der Waals surface area (Å²) in [6.45, 7) is 3.59. The summed E-state index contributed by atoms with van der Waals surface area (Å²) >= 11 is 0. The highest BCUT2D eigenvalue weighted by molar-refractivity contribution is 7.89. The fraction of sp³-hybridized carbons (Fsp3) is 0.385. The molecule has 2 rings (SSSR count). The summed E-state index contributed by atoms with van der Waals surface area (Å²) in [5.74, 6) is -0.364. The van der Waals surface area contributed by atoms with E-state index in [2.05, 4.69) is 0 Å². The lowest BCUT2D eigenvalue weighted by molar-refractivity contribution is -0.127. The van der Waals surface area contributed by atoms with Crippen LogP contribution in [0, 0.1) is 6.92 Å². The van der Waals surface area contributed by atoms with Gasteiger partial charge in [0.25, 0.3) is 10.0 Å². The van der Waals surface area contributed by atoms with Crippen LogP contribution in [0.3, 0.4) is 0 Å². The molecule has 20 heavy (non-hydrogen) atoms. The van der Waals surface area contributed by atoms with Gasteiger partial charge in [0.2, 0.25) is 5.91 Å². The zero-order valence-corrected chi connectivity index (χ0v) is 12.2. The number of hydrogen-bond acceptors (Lipinski definition) is 4. The standard InChI is InChI=1S/C13H16N2O4S/c1-3-12(16)14-8-9-15(13(14)17)20(18,19)11-6-4-10(2)5-7-11/h4-7H,3,8-9H2,1-2H3. The second-order valence-corrected chi connectivity index (χ2v) is 6.43. The Balaban J connectivity index is 2.30. The van der Waals surface area contributed by atoms with Crippen LogP contribution in [0.1, 0.15) is 18.9 Å². The van der Waals surface area contributed by atoms with E-state index in [1.54, 1.807) is 19.1 Å². The molecule has 0 unspecified atom stereocenters. The van der Waals surface area contributed by atoms with Crippen LogP contribution >= 0.6 is 0 Å². The zero-order valence-electron chi connectivity index (χ0n) is 11.4. The van der Waals surface area contributed by atoms with Crippen LogP contribution in [0.2, 0.25) is 0 Å². The summed E-state index contributed by atoms with van der Waals surface area (Å²) < 4.78 is 25.5. The quantitative estimate of drug-likeness (QED) is 0.844. The molecule has 1 saturated heterocycles. The number of carbonyl (C=O) groups is 2. The summed E-state index contributed by atoms with van der Waals surface area (Å²) in [4.78, 5) is 24.6. The normalized spacial score (nSPS) is 15.8. The van der Waals surface area contributed by atoms with Crippen LogP contribution in [0.4, 0.5) is 4.79 Å². The number of imide groups is 1. The third-order valence-corrected chi connectivity index (χ3v) is 4.97. The zero-order chi connectivity index (χ0) is 14.9. The average Bonchev–Trinajstić information content (AvgIpc) is 2.81. The molecule has 3 amide bonds. The van der Waals surface area contributed by atoms with Crippen LogP contribution in [-0.4, -0.2) is 42.7 Å². The minimum Gasteiger partial charge on any atom is -0.274 e. The summed E-state index contributed by atoms with van der Waals surface area (Å²) in [7, 11) is -3.89. The predicted molar refractivity (Wildman–Crippen MR) is 72.5 cm³/mol. The number of hydrogen-bond donors (Lipinski definition) is 0. The van der Waals surface area contributed by atoms with Gasteiger partial charge in [-0.05, 0) is 19.1 Å². The van der Waals surface area contributed by atoms with Crippen molar-refractivity contribution in [3.05, 3.63) is 29.8 Å². The first-order valence-corrected chi connectivity index (χ1v) is 7.75. The lowest BCUT2D eigenvalue weighted by Crippen LogP contribution is -2.38. The molecular weight excluding hydrogens is 280 g/mol. The first-order chi connectivity index (χ1) is 9.37. The summed E-state index contributed by atoms with van der Waals surface area (Å²) in [6.07, 6.45) is 0.171. The van der Waals surface area contributed by atoms with E-state index < -0.39 is 16.1 Å². The molecule has 1 aliphatic rings. The van der Waals surface area contributed by atoms with Gasteiger partial charge in [-0.2, -0.15) is 0 Å². The topological polar surface area (TPSA) is 74.8 Å². The Labute approximate surface area is 118 Å². The number of aryl methyl sites for hydroxylation is 1. The van der Waals surface area contributed by atoms with E-state index in [0.29, 0.717) is 0 Å². The largest absolute Gasteiger partial charge is 0.340 e. The van der Waals surface area contributed by atoms with E-state index in [1.807, 2.05) is 6.92 Å². The van der Waals surface area contributed by atoms with E-state index >= 15 is 0 Å².